The van der Waals surface area contributed by atoms with Crippen LogP contribution in [0.1, 0.15) is 69.2 Å². The van der Waals surface area contributed by atoms with Gasteiger partial charge in [-0.15, -0.1) is 0 Å². The molecule has 0 aliphatic carbocycles. The van der Waals surface area contributed by atoms with E-state index in [0.29, 0.717) is 6.61 Å². The molecule has 0 saturated carbocycles. The standard InChI is InChI=1S/C12H24O3.C9H20O3/c1-10(2,7-13)9-11(3,4)8-14-12(5,6)15-9;1-8(2,5-10)7(12)9(3,4)6-11/h9,13H,7-8H2,1-6H3;7,10-12H,5-6H2,1-4H3. The Morgan fingerprint density at radius 3 is 1.59 bits per heavy atom. The molecule has 0 aromatic carbocycles. The average Bonchev–Trinajstić information content (AvgIpc) is 2.57. The average molecular weight is 393 g/mol. The van der Waals surface area contributed by atoms with Crippen molar-refractivity contribution in [3.05, 3.63) is 0 Å². The minimum atomic E-state index is -0.708. The molecule has 1 unspecified atom stereocenters. The monoisotopic (exact) mass is 392 g/mol. The molecule has 6 heteroatoms. The van der Waals surface area contributed by atoms with E-state index < -0.39 is 22.7 Å². The van der Waals surface area contributed by atoms with E-state index in [1.165, 1.54) is 0 Å². The van der Waals surface area contributed by atoms with Gasteiger partial charge in [0.25, 0.3) is 0 Å². The summed E-state index contributed by atoms with van der Waals surface area (Å²) < 4.78 is 11.6. The van der Waals surface area contributed by atoms with Crippen molar-refractivity contribution in [1.82, 2.24) is 0 Å². The molecule has 1 rings (SSSR count). The highest BCUT2D eigenvalue weighted by Gasteiger charge is 2.48. The van der Waals surface area contributed by atoms with Crippen LogP contribution in [0.5, 0.6) is 0 Å². The predicted octanol–water partition coefficient (Wildman–Crippen LogP) is 2.57. The normalized spacial score (nSPS) is 23.0. The minimum Gasteiger partial charge on any atom is -0.396 e. The van der Waals surface area contributed by atoms with Gasteiger partial charge in [-0.2, -0.15) is 0 Å². The molecule has 0 aromatic heterocycles. The molecule has 0 radical (unpaired) electrons. The van der Waals surface area contributed by atoms with Gasteiger partial charge in [0.1, 0.15) is 0 Å². The molecule has 0 amide bonds. The maximum atomic E-state index is 9.78. The van der Waals surface area contributed by atoms with Gasteiger partial charge in [-0.1, -0.05) is 55.4 Å². The molecule has 0 aromatic rings. The van der Waals surface area contributed by atoms with Crippen molar-refractivity contribution in [2.45, 2.75) is 87.2 Å². The van der Waals surface area contributed by atoms with E-state index in [4.69, 9.17) is 19.7 Å². The number of ether oxygens (including phenoxy) is 2. The maximum absolute atomic E-state index is 9.78. The third-order valence-corrected chi connectivity index (χ3v) is 5.32. The summed E-state index contributed by atoms with van der Waals surface area (Å²) in [6.07, 6.45) is -0.709. The van der Waals surface area contributed by atoms with Crippen LogP contribution >= 0.6 is 0 Å². The SMILES string of the molecule is CC(C)(CO)C(O)C(C)(C)CO.CC1(C)OCC(C)(C)C(C(C)(C)CO)O1. The number of hydrogen-bond donors (Lipinski definition) is 4. The molecular weight excluding hydrogens is 348 g/mol. The summed E-state index contributed by atoms with van der Waals surface area (Å²) in [5.41, 5.74) is -1.44. The first kappa shape index (κ1) is 26.8. The fraction of sp³-hybridized carbons (Fsp3) is 1.00. The summed E-state index contributed by atoms with van der Waals surface area (Å²) in [6.45, 7) is 19.8. The van der Waals surface area contributed by atoms with Gasteiger partial charge >= 0.3 is 0 Å². The van der Waals surface area contributed by atoms with E-state index in [9.17, 15) is 10.2 Å². The molecule has 4 N–H and O–H groups in total. The molecule has 6 nitrogen and oxygen atoms in total. The maximum Gasteiger partial charge on any atom is 0.163 e. The van der Waals surface area contributed by atoms with Gasteiger partial charge in [-0.05, 0) is 13.8 Å². The van der Waals surface area contributed by atoms with Crippen LogP contribution in [0, 0.1) is 21.7 Å². The van der Waals surface area contributed by atoms with Crippen molar-refractivity contribution >= 4 is 0 Å². The van der Waals surface area contributed by atoms with Gasteiger partial charge in [-0.25, -0.2) is 0 Å². The summed E-state index contributed by atoms with van der Waals surface area (Å²) in [7, 11) is 0. The number of aliphatic hydroxyl groups is 4. The van der Waals surface area contributed by atoms with Crippen molar-refractivity contribution in [1.29, 1.82) is 0 Å². The second-order valence-corrected chi connectivity index (χ2v) is 11.0. The van der Waals surface area contributed by atoms with Crippen molar-refractivity contribution in [2.24, 2.45) is 21.7 Å². The van der Waals surface area contributed by atoms with Gasteiger partial charge in [0.2, 0.25) is 0 Å². The Bertz CT molecular complexity index is 430. The first-order chi connectivity index (χ1) is 11.9. The lowest BCUT2D eigenvalue weighted by Gasteiger charge is -2.51. The largest absolute Gasteiger partial charge is 0.396 e. The molecule has 0 spiro atoms. The van der Waals surface area contributed by atoms with Crippen LogP contribution in [0.2, 0.25) is 0 Å². The lowest BCUT2D eigenvalue weighted by Crippen LogP contribution is -2.56. The van der Waals surface area contributed by atoms with Crippen molar-refractivity contribution in [2.75, 3.05) is 26.4 Å². The summed E-state index contributed by atoms with van der Waals surface area (Å²) in [4.78, 5) is 0. The Hall–Kier alpha value is -0.240. The van der Waals surface area contributed by atoms with Gasteiger partial charge in [0.15, 0.2) is 5.79 Å². The quantitative estimate of drug-likeness (QED) is 0.554. The van der Waals surface area contributed by atoms with E-state index in [-0.39, 0.29) is 36.8 Å². The van der Waals surface area contributed by atoms with Gasteiger partial charge < -0.3 is 29.9 Å². The van der Waals surface area contributed by atoms with Crippen LogP contribution in [0.25, 0.3) is 0 Å². The molecule has 1 fully saturated rings. The second-order valence-electron chi connectivity index (χ2n) is 11.0. The van der Waals surface area contributed by atoms with Crippen molar-refractivity contribution < 1.29 is 29.9 Å². The van der Waals surface area contributed by atoms with Crippen LogP contribution in [0.3, 0.4) is 0 Å². The number of aliphatic hydroxyl groups excluding tert-OH is 4. The Labute approximate surface area is 165 Å². The Kier molecular flexibility index (Phi) is 8.98. The van der Waals surface area contributed by atoms with E-state index >= 15 is 0 Å². The summed E-state index contributed by atoms with van der Waals surface area (Å²) in [6, 6.07) is 0. The lowest BCUT2D eigenvalue weighted by molar-refractivity contribution is -0.333. The van der Waals surface area contributed by atoms with E-state index in [1.807, 2.05) is 27.7 Å². The molecule has 1 saturated heterocycles. The highest BCUT2D eigenvalue weighted by molar-refractivity contribution is 4.93. The molecule has 1 aliphatic heterocycles. The molecule has 1 heterocycles. The van der Waals surface area contributed by atoms with Gasteiger partial charge in [0.05, 0.1) is 38.6 Å². The third-order valence-electron chi connectivity index (χ3n) is 5.32. The first-order valence-electron chi connectivity index (χ1n) is 9.71. The predicted molar refractivity (Wildman–Crippen MR) is 107 cm³/mol. The highest BCUT2D eigenvalue weighted by atomic mass is 16.7. The van der Waals surface area contributed by atoms with Crippen LogP contribution < -0.4 is 0 Å². The zero-order chi connectivity index (χ0) is 21.9. The third kappa shape index (κ3) is 7.26. The van der Waals surface area contributed by atoms with Crippen LogP contribution in [0.15, 0.2) is 0 Å². The lowest BCUT2D eigenvalue weighted by atomic mass is 9.72. The molecule has 164 valence electrons. The van der Waals surface area contributed by atoms with Gasteiger partial charge in [0, 0.05) is 21.7 Å². The smallest absolute Gasteiger partial charge is 0.163 e. The Morgan fingerprint density at radius 1 is 0.852 bits per heavy atom. The highest BCUT2D eigenvalue weighted by Crippen LogP contribution is 2.43. The van der Waals surface area contributed by atoms with E-state index in [1.54, 1.807) is 27.7 Å². The summed E-state index contributed by atoms with van der Waals surface area (Å²) in [5, 5.41) is 37.2. The number of rotatable bonds is 6. The Morgan fingerprint density at radius 2 is 1.26 bits per heavy atom. The molecule has 27 heavy (non-hydrogen) atoms. The van der Waals surface area contributed by atoms with Crippen LogP contribution in [-0.4, -0.2) is 64.8 Å². The molecule has 1 aliphatic rings. The van der Waals surface area contributed by atoms with Gasteiger partial charge in [-0.3, -0.25) is 0 Å². The molecular formula is C21H44O6. The second kappa shape index (κ2) is 9.06. The zero-order valence-corrected chi connectivity index (χ0v) is 19.1. The minimum absolute atomic E-state index is 0.00116. The van der Waals surface area contributed by atoms with E-state index in [2.05, 4.69) is 13.8 Å². The fourth-order valence-electron chi connectivity index (χ4n) is 3.44. The summed E-state index contributed by atoms with van der Waals surface area (Å²) in [5.74, 6) is -0.549. The Balaban J connectivity index is 0.000000516. The van der Waals surface area contributed by atoms with Crippen LogP contribution in [-0.2, 0) is 9.47 Å². The molecule has 1 atom stereocenters. The van der Waals surface area contributed by atoms with Crippen molar-refractivity contribution in [3.63, 3.8) is 0 Å². The van der Waals surface area contributed by atoms with E-state index in [0.717, 1.165) is 0 Å². The van der Waals surface area contributed by atoms with Crippen LogP contribution in [0.4, 0.5) is 0 Å². The molecule has 0 bridgehead atoms. The topological polar surface area (TPSA) is 99.4 Å². The zero-order valence-electron chi connectivity index (χ0n) is 19.1. The fourth-order valence-corrected chi connectivity index (χ4v) is 3.44. The first-order valence-corrected chi connectivity index (χ1v) is 9.71. The van der Waals surface area contributed by atoms with Crippen molar-refractivity contribution in [3.8, 4) is 0 Å². The summed E-state index contributed by atoms with van der Waals surface area (Å²) >= 11 is 0. The number of hydrogen-bond acceptors (Lipinski definition) is 6.